The van der Waals surface area contributed by atoms with Gasteiger partial charge in [0.05, 0.1) is 0 Å². The standard InChI is InChI=1S/C7H8N6/c1-5-2-10-7(8)12-6(5)13-4-9-3-11-13/h2-4H,1H3,(H2,8,10,12). The normalized spacial score (nSPS) is 10.2. The van der Waals surface area contributed by atoms with E-state index in [-0.39, 0.29) is 5.95 Å². The summed E-state index contributed by atoms with van der Waals surface area (Å²) in [6.45, 7) is 1.89. The maximum Gasteiger partial charge on any atom is 0.222 e. The van der Waals surface area contributed by atoms with Crippen molar-refractivity contribution in [3.63, 3.8) is 0 Å². The summed E-state index contributed by atoms with van der Waals surface area (Å²) in [6, 6.07) is 0. The van der Waals surface area contributed by atoms with Crippen molar-refractivity contribution in [1.82, 2.24) is 24.7 Å². The van der Waals surface area contributed by atoms with Gasteiger partial charge in [0.1, 0.15) is 12.7 Å². The number of hydrogen-bond donors (Lipinski definition) is 1. The Hall–Kier alpha value is -1.98. The van der Waals surface area contributed by atoms with E-state index in [0.29, 0.717) is 5.82 Å². The van der Waals surface area contributed by atoms with Gasteiger partial charge in [-0.25, -0.2) is 14.6 Å². The summed E-state index contributed by atoms with van der Waals surface area (Å²) in [7, 11) is 0. The highest BCUT2D eigenvalue weighted by atomic mass is 15.3. The third-order valence-electron chi connectivity index (χ3n) is 1.60. The fourth-order valence-corrected chi connectivity index (χ4v) is 0.996. The van der Waals surface area contributed by atoms with Gasteiger partial charge in [0, 0.05) is 11.8 Å². The van der Waals surface area contributed by atoms with Gasteiger partial charge in [0.25, 0.3) is 0 Å². The van der Waals surface area contributed by atoms with Crippen LogP contribution in [0.15, 0.2) is 18.9 Å². The van der Waals surface area contributed by atoms with E-state index in [2.05, 4.69) is 20.1 Å². The highest BCUT2D eigenvalue weighted by Crippen LogP contribution is 2.08. The molecule has 0 aliphatic carbocycles. The van der Waals surface area contributed by atoms with E-state index in [0.717, 1.165) is 5.56 Å². The molecule has 6 nitrogen and oxygen atoms in total. The number of nitrogen functional groups attached to an aromatic ring is 1. The van der Waals surface area contributed by atoms with Crippen LogP contribution in [-0.4, -0.2) is 24.7 Å². The maximum absolute atomic E-state index is 5.45. The first kappa shape index (κ1) is 7.66. The van der Waals surface area contributed by atoms with Crippen molar-refractivity contribution in [3.05, 3.63) is 24.4 Å². The molecule has 6 heteroatoms. The quantitative estimate of drug-likeness (QED) is 0.658. The molecule has 0 unspecified atom stereocenters. The molecule has 0 radical (unpaired) electrons. The Balaban J connectivity index is 2.57. The van der Waals surface area contributed by atoms with Crippen LogP contribution in [0.5, 0.6) is 0 Å². The SMILES string of the molecule is Cc1cnc(N)nc1-n1cncn1. The molecule has 2 heterocycles. The molecule has 0 bridgehead atoms. The molecule has 0 saturated carbocycles. The Labute approximate surface area is 74.5 Å². The average molecular weight is 176 g/mol. The van der Waals surface area contributed by atoms with Crippen molar-refractivity contribution in [2.45, 2.75) is 6.92 Å². The molecule has 2 aromatic heterocycles. The Bertz CT molecular complexity index is 407. The van der Waals surface area contributed by atoms with E-state index < -0.39 is 0 Å². The zero-order chi connectivity index (χ0) is 9.26. The lowest BCUT2D eigenvalue weighted by Crippen LogP contribution is -2.05. The van der Waals surface area contributed by atoms with E-state index in [4.69, 9.17) is 5.73 Å². The second-order valence-electron chi connectivity index (χ2n) is 2.57. The number of aromatic nitrogens is 5. The van der Waals surface area contributed by atoms with Crippen molar-refractivity contribution in [3.8, 4) is 5.82 Å². The number of aryl methyl sites for hydroxylation is 1. The van der Waals surface area contributed by atoms with Gasteiger partial charge in [-0.15, -0.1) is 0 Å². The van der Waals surface area contributed by atoms with Crippen molar-refractivity contribution in [2.24, 2.45) is 0 Å². The summed E-state index contributed by atoms with van der Waals surface area (Å²) in [5.41, 5.74) is 6.35. The molecule has 2 N–H and O–H groups in total. The third kappa shape index (κ3) is 1.33. The summed E-state index contributed by atoms with van der Waals surface area (Å²) < 4.78 is 1.55. The fraction of sp³-hybridized carbons (Fsp3) is 0.143. The molecular weight excluding hydrogens is 168 g/mol. The van der Waals surface area contributed by atoms with E-state index in [9.17, 15) is 0 Å². The molecule has 13 heavy (non-hydrogen) atoms. The number of rotatable bonds is 1. The molecule has 0 aliphatic heterocycles. The minimum atomic E-state index is 0.233. The van der Waals surface area contributed by atoms with Gasteiger partial charge in [0.2, 0.25) is 5.95 Å². The number of anilines is 1. The van der Waals surface area contributed by atoms with Gasteiger partial charge < -0.3 is 5.73 Å². The number of hydrogen-bond acceptors (Lipinski definition) is 5. The zero-order valence-corrected chi connectivity index (χ0v) is 7.05. The first-order chi connectivity index (χ1) is 6.27. The largest absolute Gasteiger partial charge is 0.368 e. The van der Waals surface area contributed by atoms with Crippen molar-refractivity contribution in [2.75, 3.05) is 5.73 Å². The van der Waals surface area contributed by atoms with Gasteiger partial charge in [-0.05, 0) is 6.92 Å². The number of nitrogens with two attached hydrogens (primary N) is 1. The summed E-state index contributed by atoms with van der Waals surface area (Å²) >= 11 is 0. The van der Waals surface area contributed by atoms with Crippen LogP contribution in [0.2, 0.25) is 0 Å². The predicted molar refractivity (Wildman–Crippen MR) is 46.1 cm³/mol. The topological polar surface area (TPSA) is 82.5 Å². The molecule has 0 aromatic carbocycles. The minimum absolute atomic E-state index is 0.233. The van der Waals surface area contributed by atoms with Crippen molar-refractivity contribution >= 4 is 5.95 Å². The van der Waals surface area contributed by atoms with Crippen LogP contribution >= 0.6 is 0 Å². The Morgan fingerprint density at radius 1 is 1.46 bits per heavy atom. The lowest BCUT2D eigenvalue weighted by atomic mass is 10.3. The Kier molecular flexibility index (Phi) is 1.66. The van der Waals surface area contributed by atoms with Gasteiger partial charge in [0.15, 0.2) is 5.82 Å². The van der Waals surface area contributed by atoms with Crippen LogP contribution in [0.25, 0.3) is 5.82 Å². The van der Waals surface area contributed by atoms with Crippen molar-refractivity contribution < 1.29 is 0 Å². The van der Waals surface area contributed by atoms with Gasteiger partial charge in [-0.2, -0.15) is 10.1 Å². The monoisotopic (exact) mass is 176 g/mol. The zero-order valence-electron chi connectivity index (χ0n) is 7.05. The summed E-state index contributed by atoms with van der Waals surface area (Å²) in [4.78, 5) is 11.7. The summed E-state index contributed by atoms with van der Waals surface area (Å²) in [6.07, 6.45) is 4.66. The Morgan fingerprint density at radius 2 is 2.31 bits per heavy atom. The molecule has 2 aromatic rings. The Morgan fingerprint density at radius 3 is 3.00 bits per heavy atom. The molecule has 0 saturated heterocycles. The molecular formula is C7H8N6. The fourth-order valence-electron chi connectivity index (χ4n) is 0.996. The van der Waals surface area contributed by atoms with Crippen LogP contribution in [0.4, 0.5) is 5.95 Å². The molecule has 2 rings (SSSR count). The van der Waals surface area contributed by atoms with Crippen LogP contribution < -0.4 is 5.73 Å². The molecule has 66 valence electrons. The maximum atomic E-state index is 5.45. The molecule has 0 fully saturated rings. The summed E-state index contributed by atoms with van der Waals surface area (Å²) in [5, 5.41) is 3.95. The van der Waals surface area contributed by atoms with E-state index in [1.807, 2.05) is 6.92 Å². The lowest BCUT2D eigenvalue weighted by molar-refractivity contribution is 0.831. The molecule has 0 aliphatic rings. The molecule has 0 atom stereocenters. The van der Waals surface area contributed by atoms with E-state index >= 15 is 0 Å². The van der Waals surface area contributed by atoms with Crippen LogP contribution in [0, 0.1) is 6.92 Å². The van der Waals surface area contributed by atoms with Crippen LogP contribution in [0.3, 0.4) is 0 Å². The third-order valence-corrected chi connectivity index (χ3v) is 1.60. The van der Waals surface area contributed by atoms with E-state index in [1.165, 1.54) is 6.33 Å². The van der Waals surface area contributed by atoms with Crippen LogP contribution in [-0.2, 0) is 0 Å². The van der Waals surface area contributed by atoms with Crippen molar-refractivity contribution in [1.29, 1.82) is 0 Å². The smallest absolute Gasteiger partial charge is 0.222 e. The van der Waals surface area contributed by atoms with Gasteiger partial charge in [-0.3, -0.25) is 0 Å². The van der Waals surface area contributed by atoms with Gasteiger partial charge in [-0.1, -0.05) is 0 Å². The molecule has 0 spiro atoms. The van der Waals surface area contributed by atoms with E-state index in [1.54, 1.807) is 17.2 Å². The van der Waals surface area contributed by atoms with Gasteiger partial charge >= 0.3 is 0 Å². The minimum Gasteiger partial charge on any atom is -0.368 e. The number of nitrogens with zero attached hydrogens (tertiary/aromatic N) is 5. The predicted octanol–water partition coefficient (Wildman–Crippen LogP) is -0.0521. The first-order valence-electron chi connectivity index (χ1n) is 3.71. The second kappa shape index (κ2) is 2.81. The van der Waals surface area contributed by atoms with Crippen LogP contribution in [0.1, 0.15) is 5.56 Å². The average Bonchev–Trinajstić information content (AvgIpc) is 2.61. The lowest BCUT2D eigenvalue weighted by Gasteiger charge is -2.02. The summed E-state index contributed by atoms with van der Waals surface area (Å²) in [5.74, 6) is 0.890. The second-order valence-corrected chi connectivity index (χ2v) is 2.57. The first-order valence-corrected chi connectivity index (χ1v) is 3.71. The molecule has 0 amide bonds. The highest BCUT2D eigenvalue weighted by Gasteiger charge is 2.03. The highest BCUT2D eigenvalue weighted by molar-refractivity contribution is 5.34.